The van der Waals surface area contributed by atoms with Crippen molar-refractivity contribution in [2.45, 2.75) is 18.1 Å². The number of thioether (sulfide) groups is 1. The number of nitrogens with two attached hydrogens (primary N) is 1. The third-order valence-corrected chi connectivity index (χ3v) is 3.58. The fourth-order valence-electron chi connectivity index (χ4n) is 1.44. The van der Waals surface area contributed by atoms with Gasteiger partial charge in [0.15, 0.2) is 0 Å². The SMILES string of the molecule is Nc1cnc(NCC2CCCS2)nc1. The minimum atomic E-state index is 0.603. The van der Waals surface area contributed by atoms with Crippen LogP contribution in [0.2, 0.25) is 0 Å². The van der Waals surface area contributed by atoms with Gasteiger partial charge in [-0.25, -0.2) is 9.97 Å². The van der Waals surface area contributed by atoms with Crippen molar-refractivity contribution in [2.24, 2.45) is 0 Å². The summed E-state index contributed by atoms with van der Waals surface area (Å²) in [6, 6.07) is 0. The summed E-state index contributed by atoms with van der Waals surface area (Å²) < 4.78 is 0. The van der Waals surface area contributed by atoms with Crippen molar-refractivity contribution in [3.63, 3.8) is 0 Å². The van der Waals surface area contributed by atoms with Crippen molar-refractivity contribution >= 4 is 23.4 Å². The van der Waals surface area contributed by atoms with Crippen LogP contribution in [-0.4, -0.2) is 27.5 Å². The number of nitrogens with zero attached hydrogens (tertiary/aromatic N) is 2. The lowest BCUT2D eigenvalue weighted by Gasteiger charge is -2.09. The van der Waals surface area contributed by atoms with Gasteiger partial charge in [0.05, 0.1) is 18.1 Å². The van der Waals surface area contributed by atoms with Gasteiger partial charge in [0.2, 0.25) is 5.95 Å². The molecule has 0 aromatic carbocycles. The van der Waals surface area contributed by atoms with Gasteiger partial charge in [0.25, 0.3) is 0 Å². The molecule has 14 heavy (non-hydrogen) atoms. The molecule has 0 spiro atoms. The van der Waals surface area contributed by atoms with Crippen molar-refractivity contribution in [3.8, 4) is 0 Å². The van der Waals surface area contributed by atoms with E-state index < -0.39 is 0 Å². The van der Waals surface area contributed by atoms with E-state index in [4.69, 9.17) is 5.73 Å². The highest BCUT2D eigenvalue weighted by atomic mass is 32.2. The molecule has 1 saturated heterocycles. The molecule has 1 aromatic heterocycles. The first-order valence-corrected chi connectivity index (χ1v) is 5.82. The first-order chi connectivity index (χ1) is 6.84. The van der Waals surface area contributed by atoms with E-state index in [2.05, 4.69) is 15.3 Å². The Hall–Kier alpha value is -0.970. The monoisotopic (exact) mass is 210 g/mol. The Labute approximate surface area is 87.7 Å². The quantitative estimate of drug-likeness (QED) is 0.788. The summed E-state index contributed by atoms with van der Waals surface area (Å²) in [7, 11) is 0. The molecule has 1 aliphatic heterocycles. The van der Waals surface area contributed by atoms with Crippen LogP contribution in [0, 0.1) is 0 Å². The van der Waals surface area contributed by atoms with E-state index in [1.165, 1.54) is 18.6 Å². The molecule has 76 valence electrons. The molecule has 0 aliphatic carbocycles. The molecule has 5 heteroatoms. The van der Waals surface area contributed by atoms with Crippen molar-refractivity contribution in [1.82, 2.24) is 9.97 Å². The van der Waals surface area contributed by atoms with Gasteiger partial charge in [-0.15, -0.1) is 0 Å². The van der Waals surface area contributed by atoms with Gasteiger partial charge >= 0.3 is 0 Å². The van der Waals surface area contributed by atoms with E-state index in [1.54, 1.807) is 12.4 Å². The molecular weight excluding hydrogens is 196 g/mol. The first kappa shape index (κ1) is 9.58. The van der Waals surface area contributed by atoms with Gasteiger partial charge in [-0.1, -0.05) is 0 Å². The Morgan fingerprint density at radius 3 is 2.93 bits per heavy atom. The van der Waals surface area contributed by atoms with Gasteiger partial charge in [-0.2, -0.15) is 11.8 Å². The second kappa shape index (κ2) is 4.50. The maximum absolute atomic E-state index is 5.49. The highest BCUT2D eigenvalue weighted by Gasteiger charge is 2.15. The number of rotatable bonds is 3. The zero-order valence-electron chi connectivity index (χ0n) is 7.94. The van der Waals surface area contributed by atoms with Crippen LogP contribution in [0.25, 0.3) is 0 Å². The Balaban J connectivity index is 1.82. The van der Waals surface area contributed by atoms with Crippen LogP contribution in [0.5, 0.6) is 0 Å². The molecule has 1 aliphatic rings. The molecule has 1 atom stereocenters. The van der Waals surface area contributed by atoms with Crippen LogP contribution in [0.4, 0.5) is 11.6 Å². The molecule has 1 unspecified atom stereocenters. The lowest BCUT2D eigenvalue weighted by Crippen LogP contribution is -2.15. The third kappa shape index (κ3) is 2.51. The van der Waals surface area contributed by atoms with Crippen LogP contribution < -0.4 is 11.1 Å². The van der Waals surface area contributed by atoms with Crippen LogP contribution in [-0.2, 0) is 0 Å². The second-order valence-corrected chi connectivity index (χ2v) is 4.76. The lowest BCUT2D eigenvalue weighted by atomic mass is 10.2. The first-order valence-electron chi connectivity index (χ1n) is 4.77. The van der Waals surface area contributed by atoms with E-state index in [0.717, 1.165) is 11.8 Å². The number of anilines is 2. The average molecular weight is 210 g/mol. The van der Waals surface area contributed by atoms with Crippen molar-refractivity contribution in [1.29, 1.82) is 0 Å². The van der Waals surface area contributed by atoms with E-state index in [1.807, 2.05) is 11.8 Å². The van der Waals surface area contributed by atoms with Gasteiger partial charge in [0, 0.05) is 11.8 Å². The lowest BCUT2D eigenvalue weighted by molar-refractivity contribution is 0.800. The van der Waals surface area contributed by atoms with E-state index in [0.29, 0.717) is 11.6 Å². The third-order valence-electron chi connectivity index (χ3n) is 2.18. The minimum absolute atomic E-state index is 0.603. The van der Waals surface area contributed by atoms with Crippen molar-refractivity contribution < 1.29 is 0 Å². The van der Waals surface area contributed by atoms with Crippen LogP contribution >= 0.6 is 11.8 Å². The number of hydrogen-bond donors (Lipinski definition) is 2. The molecule has 0 radical (unpaired) electrons. The number of aromatic nitrogens is 2. The van der Waals surface area contributed by atoms with E-state index in [9.17, 15) is 0 Å². The predicted octanol–water partition coefficient (Wildman–Crippen LogP) is 1.37. The smallest absolute Gasteiger partial charge is 0.222 e. The van der Waals surface area contributed by atoms with Crippen LogP contribution in [0.1, 0.15) is 12.8 Å². The Morgan fingerprint density at radius 1 is 1.50 bits per heavy atom. The van der Waals surface area contributed by atoms with Crippen molar-refractivity contribution in [2.75, 3.05) is 23.3 Å². The van der Waals surface area contributed by atoms with Gasteiger partial charge in [0.1, 0.15) is 0 Å². The Bertz CT molecular complexity index is 281. The molecule has 0 bridgehead atoms. The van der Waals surface area contributed by atoms with Crippen LogP contribution in [0.3, 0.4) is 0 Å². The van der Waals surface area contributed by atoms with Crippen LogP contribution in [0.15, 0.2) is 12.4 Å². The Morgan fingerprint density at radius 2 is 2.29 bits per heavy atom. The summed E-state index contributed by atoms with van der Waals surface area (Å²) in [4.78, 5) is 8.17. The van der Waals surface area contributed by atoms with Crippen molar-refractivity contribution in [3.05, 3.63) is 12.4 Å². The summed E-state index contributed by atoms with van der Waals surface area (Å²) in [5.74, 6) is 1.96. The fraction of sp³-hybridized carbons (Fsp3) is 0.556. The van der Waals surface area contributed by atoms with Gasteiger partial charge in [-0.3, -0.25) is 0 Å². The van der Waals surface area contributed by atoms with Gasteiger partial charge in [-0.05, 0) is 18.6 Å². The molecule has 2 heterocycles. The molecule has 1 fully saturated rings. The molecule has 0 amide bonds. The highest BCUT2D eigenvalue weighted by Crippen LogP contribution is 2.25. The molecular formula is C9H14N4S. The zero-order chi connectivity index (χ0) is 9.80. The van der Waals surface area contributed by atoms with Gasteiger partial charge < -0.3 is 11.1 Å². The molecule has 0 saturated carbocycles. The summed E-state index contributed by atoms with van der Waals surface area (Å²) in [5.41, 5.74) is 6.09. The number of nitrogens with one attached hydrogen (secondary N) is 1. The summed E-state index contributed by atoms with van der Waals surface area (Å²) >= 11 is 2.02. The maximum Gasteiger partial charge on any atom is 0.222 e. The average Bonchev–Trinajstić information content (AvgIpc) is 2.70. The number of hydrogen-bond acceptors (Lipinski definition) is 5. The largest absolute Gasteiger partial charge is 0.396 e. The molecule has 4 nitrogen and oxygen atoms in total. The standard InChI is InChI=1S/C9H14N4S/c10-7-4-11-9(12-5-7)13-6-8-2-1-3-14-8/h4-5,8H,1-3,6,10H2,(H,11,12,13). The highest BCUT2D eigenvalue weighted by molar-refractivity contribution is 8.00. The fourth-order valence-corrected chi connectivity index (χ4v) is 2.64. The zero-order valence-corrected chi connectivity index (χ0v) is 8.76. The Kier molecular flexibility index (Phi) is 3.08. The normalized spacial score (nSPS) is 21.0. The van der Waals surface area contributed by atoms with E-state index in [-0.39, 0.29) is 0 Å². The summed E-state index contributed by atoms with van der Waals surface area (Å²) in [5, 5.41) is 3.93. The molecule has 3 N–H and O–H groups in total. The minimum Gasteiger partial charge on any atom is -0.396 e. The summed E-state index contributed by atoms with van der Waals surface area (Å²) in [6.45, 7) is 0.953. The number of nitrogen functional groups attached to an aromatic ring is 1. The second-order valence-electron chi connectivity index (χ2n) is 3.36. The van der Waals surface area contributed by atoms with E-state index >= 15 is 0 Å². The molecule has 2 rings (SSSR count). The summed E-state index contributed by atoms with van der Waals surface area (Å²) in [6.07, 6.45) is 5.88. The molecule has 1 aromatic rings. The maximum atomic E-state index is 5.49. The predicted molar refractivity (Wildman–Crippen MR) is 60.4 cm³/mol. The topological polar surface area (TPSA) is 63.8 Å².